The first-order chi connectivity index (χ1) is 12.7. The van der Waals surface area contributed by atoms with Crippen LogP contribution in [0.25, 0.3) is 0 Å². The number of ether oxygens (including phenoxy) is 1. The zero-order valence-corrected chi connectivity index (χ0v) is 17.0. The smallest absolute Gasteiger partial charge is 0.123 e. The van der Waals surface area contributed by atoms with E-state index in [9.17, 15) is 4.39 Å². The summed E-state index contributed by atoms with van der Waals surface area (Å²) in [5, 5.41) is 3.59. The molecule has 1 aliphatic heterocycles. The molecule has 0 spiro atoms. The molecule has 0 aliphatic carbocycles. The van der Waals surface area contributed by atoms with E-state index in [1.165, 1.54) is 11.1 Å². The van der Waals surface area contributed by atoms with Crippen LogP contribution in [0.15, 0.2) is 54.6 Å². The largest absolute Gasteiger partial charge is 0.370 e. The predicted molar refractivity (Wildman–Crippen MR) is 109 cm³/mol. The van der Waals surface area contributed by atoms with Crippen LogP contribution < -0.4 is 5.32 Å². The van der Waals surface area contributed by atoms with E-state index in [4.69, 9.17) is 4.74 Å². The number of hydrogen-bond acceptors (Lipinski definition) is 2. The van der Waals surface area contributed by atoms with Crippen molar-refractivity contribution in [1.82, 2.24) is 5.32 Å². The van der Waals surface area contributed by atoms with Crippen molar-refractivity contribution in [2.45, 2.75) is 70.1 Å². The molecule has 0 amide bonds. The highest BCUT2D eigenvalue weighted by molar-refractivity contribution is 5.29. The molecule has 0 atom stereocenters. The molecule has 146 valence electrons. The van der Waals surface area contributed by atoms with Gasteiger partial charge < -0.3 is 10.1 Å². The van der Waals surface area contributed by atoms with Gasteiger partial charge in [-0.3, -0.25) is 0 Å². The van der Waals surface area contributed by atoms with Crippen molar-refractivity contribution in [3.63, 3.8) is 0 Å². The first-order valence-electron chi connectivity index (χ1n) is 9.91. The van der Waals surface area contributed by atoms with Crippen LogP contribution in [0.5, 0.6) is 0 Å². The van der Waals surface area contributed by atoms with Crippen molar-refractivity contribution >= 4 is 0 Å². The summed E-state index contributed by atoms with van der Waals surface area (Å²) < 4.78 is 19.9. The Bertz CT molecular complexity index is 721. The molecule has 0 unspecified atom stereocenters. The summed E-state index contributed by atoms with van der Waals surface area (Å²) in [5.74, 6) is -0.179. The third kappa shape index (κ3) is 5.18. The van der Waals surface area contributed by atoms with Crippen LogP contribution in [-0.4, -0.2) is 17.7 Å². The molecule has 0 saturated carbocycles. The average Bonchev–Trinajstić information content (AvgIpc) is 2.57. The lowest BCUT2D eigenvalue weighted by atomic mass is 9.63. The summed E-state index contributed by atoms with van der Waals surface area (Å²) in [6.45, 7) is 10.5. The molecule has 0 bridgehead atoms. The predicted octanol–water partition coefficient (Wildman–Crippen LogP) is 5.61. The first kappa shape index (κ1) is 20.0. The Morgan fingerprint density at radius 1 is 0.889 bits per heavy atom. The van der Waals surface area contributed by atoms with Crippen LogP contribution in [0.1, 0.15) is 58.1 Å². The van der Waals surface area contributed by atoms with Gasteiger partial charge in [-0.05, 0) is 76.8 Å². The normalized spacial score (nSPS) is 20.3. The van der Waals surface area contributed by atoms with Crippen LogP contribution in [0.2, 0.25) is 0 Å². The first-order valence-corrected chi connectivity index (χ1v) is 9.91. The van der Waals surface area contributed by atoms with Crippen LogP contribution in [0.3, 0.4) is 0 Å². The molecule has 27 heavy (non-hydrogen) atoms. The Morgan fingerprint density at radius 3 is 2.07 bits per heavy atom. The third-order valence-electron chi connectivity index (χ3n) is 5.49. The van der Waals surface area contributed by atoms with E-state index < -0.39 is 0 Å². The second-order valence-corrected chi connectivity index (χ2v) is 9.17. The fourth-order valence-corrected chi connectivity index (χ4v) is 5.00. The van der Waals surface area contributed by atoms with Crippen molar-refractivity contribution in [2.75, 3.05) is 6.54 Å². The van der Waals surface area contributed by atoms with Crippen molar-refractivity contribution in [3.05, 3.63) is 71.5 Å². The minimum Gasteiger partial charge on any atom is -0.370 e. The van der Waals surface area contributed by atoms with Crippen LogP contribution >= 0.6 is 0 Å². The lowest BCUT2D eigenvalue weighted by Crippen LogP contribution is -2.53. The zero-order chi connectivity index (χ0) is 19.5. The Labute approximate surface area is 163 Å². The van der Waals surface area contributed by atoms with Crippen LogP contribution in [0, 0.1) is 5.82 Å². The Morgan fingerprint density at radius 2 is 1.48 bits per heavy atom. The Kier molecular flexibility index (Phi) is 5.73. The highest BCUT2D eigenvalue weighted by Gasteiger charge is 2.48. The summed E-state index contributed by atoms with van der Waals surface area (Å²) in [6.07, 6.45) is 2.87. The maximum Gasteiger partial charge on any atom is 0.123 e. The minimum absolute atomic E-state index is 0.0252. The SMILES string of the molecule is CC1(C)CC(CCNCc2ccccc2)(c2ccc(F)cc2)CC(C)(C)O1. The van der Waals surface area contributed by atoms with E-state index in [2.05, 4.69) is 57.3 Å². The number of benzene rings is 2. The van der Waals surface area contributed by atoms with E-state index in [0.29, 0.717) is 0 Å². The van der Waals surface area contributed by atoms with Crippen LogP contribution in [-0.2, 0) is 16.7 Å². The number of halogens is 1. The minimum atomic E-state index is -0.213. The third-order valence-corrected chi connectivity index (χ3v) is 5.49. The quantitative estimate of drug-likeness (QED) is 0.668. The van der Waals surface area contributed by atoms with Gasteiger partial charge in [0.1, 0.15) is 5.82 Å². The van der Waals surface area contributed by atoms with Gasteiger partial charge in [-0.15, -0.1) is 0 Å². The molecule has 2 aromatic carbocycles. The summed E-state index contributed by atoms with van der Waals surface area (Å²) in [4.78, 5) is 0. The number of rotatable bonds is 6. The monoisotopic (exact) mass is 369 g/mol. The van der Waals surface area contributed by atoms with Gasteiger partial charge in [-0.25, -0.2) is 4.39 Å². The van der Waals surface area contributed by atoms with Gasteiger partial charge in [0, 0.05) is 12.0 Å². The standard InChI is InChI=1S/C24H32FNO/c1-22(2)17-24(18-23(3,4)27-22,20-10-12-21(25)13-11-20)14-15-26-16-19-8-6-5-7-9-19/h5-13,26H,14-18H2,1-4H3. The second-order valence-electron chi connectivity index (χ2n) is 9.17. The van der Waals surface area contributed by atoms with E-state index >= 15 is 0 Å². The summed E-state index contributed by atoms with van der Waals surface area (Å²) in [6, 6.07) is 17.6. The molecule has 1 heterocycles. The molecule has 1 aliphatic rings. The molecular weight excluding hydrogens is 337 g/mol. The summed E-state index contributed by atoms with van der Waals surface area (Å²) >= 11 is 0. The molecular formula is C24H32FNO. The van der Waals surface area contributed by atoms with Gasteiger partial charge in [0.05, 0.1) is 11.2 Å². The maximum absolute atomic E-state index is 13.5. The van der Waals surface area contributed by atoms with Gasteiger partial charge in [0.15, 0.2) is 0 Å². The van der Waals surface area contributed by atoms with Crippen molar-refractivity contribution in [1.29, 1.82) is 0 Å². The number of nitrogens with one attached hydrogen (secondary N) is 1. The van der Waals surface area contributed by atoms with E-state index in [0.717, 1.165) is 32.4 Å². The second kappa shape index (κ2) is 7.73. The molecule has 3 heteroatoms. The summed E-state index contributed by atoms with van der Waals surface area (Å²) in [7, 11) is 0. The van der Waals surface area contributed by atoms with Gasteiger partial charge in [0.25, 0.3) is 0 Å². The van der Waals surface area contributed by atoms with Gasteiger partial charge >= 0.3 is 0 Å². The van der Waals surface area contributed by atoms with Crippen molar-refractivity contribution in [3.8, 4) is 0 Å². The lowest BCUT2D eigenvalue weighted by Gasteiger charge is -2.52. The lowest BCUT2D eigenvalue weighted by molar-refractivity contribution is -0.181. The van der Waals surface area contributed by atoms with Crippen LogP contribution in [0.4, 0.5) is 4.39 Å². The fraction of sp³-hybridized carbons (Fsp3) is 0.500. The van der Waals surface area contributed by atoms with E-state index in [1.54, 1.807) is 12.1 Å². The molecule has 1 saturated heterocycles. The average molecular weight is 370 g/mol. The summed E-state index contributed by atoms with van der Waals surface area (Å²) in [5.41, 5.74) is 2.06. The highest BCUT2D eigenvalue weighted by atomic mass is 19.1. The Hall–Kier alpha value is -1.71. The van der Waals surface area contributed by atoms with Gasteiger partial charge in [-0.1, -0.05) is 42.5 Å². The zero-order valence-electron chi connectivity index (χ0n) is 17.0. The Balaban J connectivity index is 1.78. The van der Waals surface area contributed by atoms with Gasteiger partial charge in [0.2, 0.25) is 0 Å². The number of hydrogen-bond donors (Lipinski definition) is 1. The molecule has 3 rings (SSSR count). The molecule has 2 nitrogen and oxygen atoms in total. The molecule has 0 radical (unpaired) electrons. The highest BCUT2D eigenvalue weighted by Crippen LogP contribution is 2.49. The maximum atomic E-state index is 13.5. The van der Waals surface area contributed by atoms with Crippen molar-refractivity contribution in [2.24, 2.45) is 0 Å². The van der Waals surface area contributed by atoms with E-state index in [1.807, 2.05) is 18.2 Å². The molecule has 0 aromatic heterocycles. The molecule has 2 aromatic rings. The van der Waals surface area contributed by atoms with E-state index in [-0.39, 0.29) is 22.4 Å². The van der Waals surface area contributed by atoms with Crippen molar-refractivity contribution < 1.29 is 9.13 Å². The van der Waals surface area contributed by atoms with Gasteiger partial charge in [-0.2, -0.15) is 0 Å². The fourth-order valence-electron chi connectivity index (χ4n) is 5.00. The molecule has 1 fully saturated rings. The molecule has 1 N–H and O–H groups in total. The topological polar surface area (TPSA) is 21.3 Å².